The number of nitrogens with one attached hydrogen (secondary N) is 1. The summed E-state index contributed by atoms with van der Waals surface area (Å²) < 4.78 is 4.92. The van der Waals surface area contributed by atoms with Crippen LogP contribution in [0.1, 0.15) is 12.6 Å². The van der Waals surface area contributed by atoms with Crippen molar-refractivity contribution in [2.75, 3.05) is 11.9 Å². The van der Waals surface area contributed by atoms with Gasteiger partial charge in [0.15, 0.2) is 5.13 Å². The van der Waals surface area contributed by atoms with Crippen LogP contribution in [0.3, 0.4) is 0 Å². The lowest BCUT2D eigenvalue weighted by molar-refractivity contribution is -0.142. The average molecular weight is 314 g/mol. The van der Waals surface area contributed by atoms with E-state index >= 15 is 0 Å². The first-order chi connectivity index (χ1) is 10.8. The average Bonchev–Trinajstić information content (AvgIpc) is 2.95. The Morgan fingerprint density at radius 1 is 1.32 bits per heavy atom. The monoisotopic (exact) mass is 314 g/mol. The van der Waals surface area contributed by atoms with Gasteiger partial charge < -0.3 is 10.1 Å². The van der Waals surface area contributed by atoms with Gasteiger partial charge in [0, 0.05) is 10.8 Å². The van der Waals surface area contributed by atoms with Gasteiger partial charge in [-0.15, -0.1) is 11.3 Å². The molecule has 22 heavy (non-hydrogen) atoms. The van der Waals surface area contributed by atoms with E-state index in [2.05, 4.69) is 20.3 Å². The summed E-state index contributed by atoms with van der Waals surface area (Å²) in [6.07, 6.45) is 1.69. The molecule has 3 rings (SSSR count). The summed E-state index contributed by atoms with van der Waals surface area (Å²) in [5, 5.41) is 6.62. The molecular weight excluding hydrogens is 300 g/mol. The van der Waals surface area contributed by atoms with Crippen molar-refractivity contribution in [3.05, 3.63) is 41.7 Å². The molecule has 0 unspecified atom stereocenters. The second-order valence-electron chi connectivity index (χ2n) is 4.49. The zero-order valence-corrected chi connectivity index (χ0v) is 12.8. The lowest BCUT2D eigenvalue weighted by Gasteiger charge is -2.04. The zero-order chi connectivity index (χ0) is 15.4. The van der Waals surface area contributed by atoms with Crippen molar-refractivity contribution in [1.82, 2.24) is 15.0 Å². The molecular formula is C15H14N4O2S. The molecule has 0 spiro atoms. The standard InChI is InChI=1S/C15H14N4O2S/c1-2-21-13(20)7-10-8-22-15(18-10)19-14-11-5-3-4-6-12(11)16-9-17-14/h3-6,8-9H,2,7H2,1H3,(H,16,17,18,19). The summed E-state index contributed by atoms with van der Waals surface area (Å²) in [4.78, 5) is 24.3. The first kappa shape index (κ1) is 14.4. The first-order valence-corrected chi connectivity index (χ1v) is 7.71. The van der Waals surface area contributed by atoms with Gasteiger partial charge >= 0.3 is 5.97 Å². The van der Waals surface area contributed by atoms with Crippen molar-refractivity contribution >= 4 is 39.2 Å². The highest BCUT2D eigenvalue weighted by molar-refractivity contribution is 7.13. The Bertz CT molecular complexity index is 798. The number of carbonyl (C=O) groups excluding carboxylic acids is 1. The number of ether oxygens (including phenoxy) is 1. The van der Waals surface area contributed by atoms with Gasteiger partial charge in [-0.1, -0.05) is 12.1 Å². The van der Waals surface area contributed by atoms with Crippen LogP contribution in [0.5, 0.6) is 0 Å². The van der Waals surface area contributed by atoms with Gasteiger partial charge in [0.25, 0.3) is 0 Å². The van der Waals surface area contributed by atoms with Gasteiger partial charge in [-0.05, 0) is 19.1 Å². The SMILES string of the molecule is CCOC(=O)Cc1csc(Nc2ncnc3ccccc23)n1. The molecule has 7 heteroatoms. The number of carbonyl (C=O) groups is 1. The van der Waals surface area contributed by atoms with Crippen LogP contribution in [-0.4, -0.2) is 27.5 Å². The van der Waals surface area contributed by atoms with Gasteiger partial charge in [-0.25, -0.2) is 15.0 Å². The number of aromatic nitrogens is 3. The number of fused-ring (bicyclic) bond motifs is 1. The van der Waals surface area contributed by atoms with Crippen LogP contribution in [0.4, 0.5) is 10.9 Å². The Balaban J connectivity index is 1.78. The molecule has 2 aromatic heterocycles. The Kier molecular flexibility index (Phi) is 4.24. The summed E-state index contributed by atoms with van der Waals surface area (Å²) in [5.74, 6) is 0.425. The number of nitrogens with zero attached hydrogens (tertiary/aromatic N) is 3. The number of benzene rings is 1. The maximum absolute atomic E-state index is 11.5. The number of esters is 1. The minimum Gasteiger partial charge on any atom is -0.466 e. The van der Waals surface area contributed by atoms with Crippen LogP contribution < -0.4 is 5.32 Å². The van der Waals surface area contributed by atoms with Crippen molar-refractivity contribution in [3.8, 4) is 0 Å². The highest BCUT2D eigenvalue weighted by Crippen LogP contribution is 2.25. The number of hydrogen-bond donors (Lipinski definition) is 1. The minimum absolute atomic E-state index is 0.177. The molecule has 6 nitrogen and oxygen atoms in total. The quantitative estimate of drug-likeness (QED) is 0.730. The molecule has 0 aliphatic rings. The molecule has 0 radical (unpaired) electrons. The largest absolute Gasteiger partial charge is 0.466 e. The Morgan fingerprint density at radius 2 is 2.18 bits per heavy atom. The van der Waals surface area contributed by atoms with Crippen molar-refractivity contribution in [2.24, 2.45) is 0 Å². The molecule has 1 N–H and O–H groups in total. The normalized spacial score (nSPS) is 10.6. The van der Waals surface area contributed by atoms with E-state index in [1.54, 1.807) is 6.92 Å². The molecule has 2 heterocycles. The van der Waals surface area contributed by atoms with Crippen molar-refractivity contribution < 1.29 is 9.53 Å². The van der Waals surface area contributed by atoms with Crippen molar-refractivity contribution in [3.63, 3.8) is 0 Å². The number of anilines is 2. The van der Waals surface area contributed by atoms with E-state index in [0.717, 1.165) is 10.9 Å². The molecule has 0 fully saturated rings. The zero-order valence-electron chi connectivity index (χ0n) is 11.9. The maximum Gasteiger partial charge on any atom is 0.311 e. The minimum atomic E-state index is -0.271. The second-order valence-corrected chi connectivity index (χ2v) is 5.35. The Labute approximate surface area is 131 Å². The Hall–Kier alpha value is -2.54. The van der Waals surface area contributed by atoms with Crippen LogP contribution in [0.15, 0.2) is 36.0 Å². The van der Waals surface area contributed by atoms with Crippen molar-refractivity contribution in [1.29, 1.82) is 0 Å². The smallest absolute Gasteiger partial charge is 0.311 e. The fourth-order valence-electron chi connectivity index (χ4n) is 2.01. The van der Waals surface area contributed by atoms with E-state index in [1.807, 2.05) is 29.6 Å². The first-order valence-electron chi connectivity index (χ1n) is 6.83. The topological polar surface area (TPSA) is 77.0 Å². The van der Waals surface area contributed by atoms with E-state index in [9.17, 15) is 4.79 Å². The van der Waals surface area contributed by atoms with Gasteiger partial charge in [-0.3, -0.25) is 4.79 Å². The van der Waals surface area contributed by atoms with Crippen LogP contribution in [-0.2, 0) is 16.0 Å². The number of rotatable bonds is 5. The van der Waals surface area contributed by atoms with Crippen LogP contribution in [0.2, 0.25) is 0 Å². The lowest BCUT2D eigenvalue weighted by Crippen LogP contribution is -2.07. The molecule has 112 valence electrons. The highest BCUT2D eigenvalue weighted by atomic mass is 32.1. The predicted molar refractivity (Wildman–Crippen MR) is 85.3 cm³/mol. The van der Waals surface area contributed by atoms with Crippen LogP contribution in [0, 0.1) is 0 Å². The summed E-state index contributed by atoms with van der Waals surface area (Å²) in [5.41, 5.74) is 1.55. The molecule has 0 bridgehead atoms. The van der Waals surface area contributed by atoms with Crippen molar-refractivity contribution in [2.45, 2.75) is 13.3 Å². The maximum atomic E-state index is 11.5. The summed E-state index contributed by atoms with van der Waals surface area (Å²) in [6, 6.07) is 7.74. The summed E-state index contributed by atoms with van der Waals surface area (Å²) >= 11 is 1.42. The third-order valence-corrected chi connectivity index (χ3v) is 3.76. The van der Waals surface area contributed by atoms with Gasteiger partial charge in [0.1, 0.15) is 12.1 Å². The molecule has 0 amide bonds. The van der Waals surface area contributed by atoms with E-state index in [1.165, 1.54) is 17.7 Å². The summed E-state index contributed by atoms with van der Waals surface area (Å²) in [6.45, 7) is 2.16. The van der Waals surface area contributed by atoms with Gasteiger partial charge in [-0.2, -0.15) is 0 Å². The van der Waals surface area contributed by atoms with Gasteiger partial charge in [0.2, 0.25) is 0 Å². The molecule has 0 atom stereocenters. The van der Waals surface area contributed by atoms with Crippen LogP contribution >= 0.6 is 11.3 Å². The summed E-state index contributed by atoms with van der Waals surface area (Å²) in [7, 11) is 0. The Morgan fingerprint density at radius 3 is 3.05 bits per heavy atom. The lowest BCUT2D eigenvalue weighted by atomic mass is 10.2. The molecule has 0 aliphatic heterocycles. The fourth-order valence-corrected chi connectivity index (χ4v) is 2.72. The molecule has 1 aromatic carbocycles. The molecule has 0 saturated carbocycles. The molecule has 0 aliphatic carbocycles. The predicted octanol–water partition coefficient (Wildman–Crippen LogP) is 2.94. The van der Waals surface area contributed by atoms with E-state index in [-0.39, 0.29) is 12.4 Å². The molecule has 0 saturated heterocycles. The number of para-hydroxylation sites is 1. The van der Waals surface area contributed by atoms with E-state index in [4.69, 9.17) is 4.74 Å². The number of hydrogen-bond acceptors (Lipinski definition) is 7. The highest BCUT2D eigenvalue weighted by Gasteiger charge is 2.10. The third-order valence-electron chi connectivity index (χ3n) is 2.95. The number of thiazole rings is 1. The van der Waals surface area contributed by atoms with E-state index in [0.29, 0.717) is 23.3 Å². The third kappa shape index (κ3) is 3.20. The van der Waals surface area contributed by atoms with E-state index < -0.39 is 0 Å². The van der Waals surface area contributed by atoms with Gasteiger partial charge in [0.05, 0.1) is 24.2 Å². The fraction of sp³-hybridized carbons (Fsp3) is 0.200. The van der Waals surface area contributed by atoms with Crippen LogP contribution in [0.25, 0.3) is 10.9 Å². The second kappa shape index (κ2) is 6.48. The molecule has 3 aromatic rings.